The number of anilines is 1. The maximum absolute atomic E-state index is 13.4. The van der Waals surface area contributed by atoms with Gasteiger partial charge in [-0.2, -0.15) is 5.10 Å². The van der Waals surface area contributed by atoms with E-state index in [0.29, 0.717) is 35.9 Å². The molecule has 6 nitrogen and oxygen atoms in total. The molecule has 0 aliphatic carbocycles. The van der Waals surface area contributed by atoms with Crippen LogP contribution in [0.5, 0.6) is 5.75 Å². The van der Waals surface area contributed by atoms with E-state index in [4.69, 9.17) is 16.3 Å². The number of carbonyl (C=O) groups excluding carboxylic acids is 1. The molecule has 0 unspecified atom stereocenters. The van der Waals surface area contributed by atoms with Crippen molar-refractivity contribution in [3.8, 4) is 5.75 Å². The lowest BCUT2D eigenvalue weighted by Crippen LogP contribution is -2.39. The van der Waals surface area contributed by atoms with E-state index in [0.717, 1.165) is 23.4 Å². The van der Waals surface area contributed by atoms with E-state index in [-0.39, 0.29) is 18.4 Å². The van der Waals surface area contributed by atoms with Gasteiger partial charge in [0.05, 0.1) is 6.54 Å². The van der Waals surface area contributed by atoms with Gasteiger partial charge in [0, 0.05) is 54.1 Å². The van der Waals surface area contributed by atoms with Crippen LogP contribution in [0.1, 0.15) is 17.0 Å². The van der Waals surface area contributed by atoms with Crippen molar-refractivity contribution >= 4 is 23.3 Å². The number of hydrogen-bond donors (Lipinski definition) is 1. The van der Waals surface area contributed by atoms with Crippen LogP contribution in [0.3, 0.4) is 0 Å². The lowest BCUT2D eigenvalue weighted by Gasteiger charge is -2.28. The van der Waals surface area contributed by atoms with Crippen molar-refractivity contribution in [3.63, 3.8) is 0 Å². The molecular weight excluding hydrogens is 433 g/mol. The molecule has 0 saturated heterocycles. The minimum absolute atomic E-state index is 0.0830. The molecule has 31 heavy (non-hydrogen) atoms. The SMILES string of the molecule is Cn1nc(COc2cc(F)c(F)c(F)c2)c2c1CCN(C(=O)Nc1ccc(Cl)cc1)C2. The minimum Gasteiger partial charge on any atom is -0.487 e. The van der Waals surface area contributed by atoms with Crippen LogP contribution in [-0.4, -0.2) is 27.3 Å². The Morgan fingerprint density at radius 2 is 1.87 bits per heavy atom. The zero-order valence-electron chi connectivity index (χ0n) is 16.5. The summed E-state index contributed by atoms with van der Waals surface area (Å²) in [6.07, 6.45) is 0.590. The first-order valence-corrected chi connectivity index (χ1v) is 9.82. The summed E-state index contributed by atoms with van der Waals surface area (Å²) < 4.78 is 47.1. The molecule has 0 saturated carbocycles. The standard InChI is InChI=1S/C21H18ClF3N4O2/c1-28-19-6-7-29(21(30)26-13-4-2-12(22)3-5-13)10-15(19)18(27-28)11-31-14-8-16(23)20(25)17(24)9-14/h2-5,8-9H,6-7,10-11H2,1H3,(H,26,30). The van der Waals surface area contributed by atoms with Gasteiger partial charge in [-0.05, 0) is 24.3 Å². The van der Waals surface area contributed by atoms with Crippen molar-refractivity contribution in [2.45, 2.75) is 19.6 Å². The smallest absolute Gasteiger partial charge is 0.322 e. The largest absolute Gasteiger partial charge is 0.487 e. The number of halogens is 4. The van der Waals surface area contributed by atoms with Crippen LogP contribution in [0.2, 0.25) is 5.02 Å². The second kappa shape index (κ2) is 8.50. The van der Waals surface area contributed by atoms with Crippen LogP contribution in [-0.2, 0) is 26.6 Å². The van der Waals surface area contributed by atoms with E-state index < -0.39 is 17.5 Å². The zero-order chi connectivity index (χ0) is 22.1. The predicted octanol–water partition coefficient (Wildman–Crippen LogP) is 4.66. The molecule has 3 aromatic rings. The first kappa shape index (κ1) is 21.0. The van der Waals surface area contributed by atoms with Crippen LogP contribution in [0, 0.1) is 17.5 Å². The van der Waals surface area contributed by atoms with Crippen LogP contribution < -0.4 is 10.1 Å². The predicted molar refractivity (Wildman–Crippen MR) is 108 cm³/mol. The maximum atomic E-state index is 13.4. The number of nitrogens with zero attached hydrogens (tertiary/aromatic N) is 3. The lowest BCUT2D eigenvalue weighted by molar-refractivity contribution is 0.205. The summed E-state index contributed by atoms with van der Waals surface area (Å²) in [6.45, 7) is 0.717. The highest BCUT2D eigenvalue weighted by Gasteiger charge is 2.27. The van der Waals surface area contributed by atoms with Crippen molar-refractivity contribution in [1.29, 1.82) is 0 Å². The molecule has 0 bridgehead atoms. The van der Waals surface area contributed by atoms with Crippen molar-refractivity contribution in [2.24, 2.45) is 7.05 Å². The lowest BCUT2D eigenvalue weighted by atomic mass is 10.1. The molecule has 2 aromatic carbocycles. The summed E-state index contributed by atoms with van der Waals surface area (Å²) in [5, 5.41) is 7.81. The second-order valence-electron chi connectivity index (χ2n) is 7.09. The number of fused-ring (bicyclic) bond motifs is 1. The summed E-state index contributed by atoms with van der Waals surface area (Å²) in [4.78, 5) is 14.3. The number of carbonyl (C=O) groups is 1. The Hall–Kier alpha value is -3.20. The van der Waals surface area contributed by atoms with Gasteiger partial charge in [-0.1, -0.05) is 11.6 Å². The summed E-state index contributed by atoms with van der Waals surface area (Å²) in [5.41, 5.74) is 2.91. The number of nitrogens with one attached hydrogen (secondary N) is 1. The van der Waals surface area contributed by atoms with E-state index in [1.165, 1.54) is 0 Å². The van der Waals surface area contributed by atoms with Crippen LogP contribution in [0.15, 0.2) is 36.4 Å². The quantitative estimate of drug-likeness (QED) is 0.588. The molecule has 0 atom stereocenters. The highest BCUT2D eigenvalue weighted by molar-refractivity contribution is 6.30. The van der Waals surface area contributed by atoms with E-state index in [1.54, 1.807) is 40.9 Å². The fourth-order valence-corrected chi connectivity index (χ4v) is 3.59. The summed E-state index contributed by atoms with van der Waals surface area (Å²) in [5.74, 6) is -4.36. The third kappa shape index (κ3) is 4.46. The Labute approximate surface area is 181 Å². The number of urea groups is 1. The molecule has 1 aliphatic heterocycles. The van der Waals surface area contributed by atoms with E-state index >= 15 is 0 Å². The fraction of sp³-hybridized carbons (Fsp3) is 0.238. The van der Waals surface area contributed by atoms with Crippen molar-refractivity contribution < 1.29 is 22.7 Å². The van der Waals surface area contributed by atoms with E-state index in [2.05, 4.69) is 10.4 Å². The molecule has 1 aliphatic rings. The third-order valence-corrected chi connectivity index (χ3v) is 5.29. The first-order chi connectivity index (χ1) is 14.8. The first-order valence-electron chi connectivity index (χ1n) is 9.44. The number of ether oxygens (including phenoxy) is 1. The molecule has 2 amide bonds. The molecule has 0 spiro atoms. The van der Waals surface area contributed by atoms with Crippen molar-refractivity contribution in [2.75, 3.05) is 11.9 Å². The number of benzene rings is 2. The van der Waals surface area contributed by atoms with Crippen molar-refractivity contribution in [3.05, 3.63) is 75.8 Å². The third-order valence-electron chi connectivity index (χ3n) is 5.04. The number of rotatable bonds is 4. The Morgan fingerprint density at radius 1 is 1.19 bits per heavy atom. The molecule has 1 aromatic heterocycles. The number of aromatic nitrogens is 2. The highest BCUT2D eigenvalue weighted by atomic mass is 35.5. The monoisotopic (exact) mass is 450 g/mol. The fourth-order valence-electron chi connectivity index (χ4n) is 3.46. The van der Waals surface area contributed by atoms with Crippen molar-refractivity contribution in [1.82, 2.24) is 14.7 Å². The topological polar surface area (TPSA) is 59.4 Å². The molecule has 0 radical (unpaired) electrons. The molecule has 1 N–H and O–H groups in total. The summed E-state index contributed by atoms with van der Waals surface area (Å²) in [6, 6.07) is 8.07. The Balaban J connectivity index is 1.47. The number of amides is 2. The Bertz CT molecular complexity index is 1110. The van der Waals surface area contributed by atoms with Crippen LogP contribution in [0.4, 0.5) is 23.7 Å². The average Bonchev–Trinajstić information content (AvgIpc) is 3.07. The van der Waals surface area contributed by atoms with Crippen LogP contribution in [0.25, 0.3) is 0 Å². The molecule has 2 heterocycles. The van der Waals surface area contributed by atoms with Gasteiger partial charge in [0.25, 0.3) is 0 Å². The van der Waals surface area contributed by atoms with Gasteiger partial charge in [0.1, 0.15) is 18.1 Å². The molecule has 162 valence electrons. The van der Waals surface area contributed by atoms with Gasteiger partial charge in [0.15, 0.2) is 17.5 Å². The normalized spacial score (nSPS) is 13.1. The molecule has 0 fully saturated rings. The van der Waals surface area contributed by atoms with Gasteiger partial charge in [0.2, 0.25) is 0 Å². The molecular formula is C21H18ClF3N4O2. The number of hydrogen-bond acceptors (Lipinski definition) is 3. The maximum Gasteiger partial charge on any atom is 0.322 e. The van der Waals surface area contributed by atoms with Gasteiger partial charge >= 0.3 is 6.03 Å². The van der Waals surface area contributed by atoms with Crippen LogP contribution >= 0.6 is 11.6 Å². The van der Waals surface area contributed by atoms with Gasteiger partial charge < -0.3 is 15.0 Å². The van der Waals surface area contributed by atoms with Gasteiger partial charge in [-0.15, -0.1) is 0 Å². The molecule has 10 heteroatoms. The van der Waals surface area contributed by atoms with Gasteiger partial charge in [-0.25, -0.2) is 18.0 Å². The second-order valence-corrected chi connectivity index (χ2v) is 7.53. The Morgan fingerprint density at radius 3 is 2.55 bits per heavy atom. The highest BCUT2D eigenvalue weighted by Crippen LogP contribution is 2.25. The zero-order valence-corrected chi connectivity index (χ0v) is 17.2. The summed E-state index contributed by atoms with van der Waals surface area (Å²) in [7, 11) is 1.78. The molecule has 4 rings (SSSR count). The number of aryl methyl sites for hydroxylation is 1. The average molecular weight is 451 g/mol. The van der Waals surface area contributed by atoms with Gasteiger partial charge in [-0.3, -0.25) is 4.68 Å². The minimum atomic E-state index is -1.55. The van der Waals surface area contributed by atoms with E-state index in [1.807, 2.05) is 0 Å². The summed E-state index contributed by atoms with van der Waals surface area (Å²) >= 11 is 5.87. The van der Waals surface area contributed by atoms with E-state index in [9.17, 15) is 18.0 Å². The Kier molecular flexibility index (Phi) is 5.77.